The number of methoxy groups -OCH3 is 2. The molecule has 14 heteroatoms. The summed E-state index contributed by atoms with van der Waals surface area (Å²) in [6.45, 7) is 14.3. The number of fused-ring (bicyclic) bond motifs is 1. The van der Waals surface area contributed by atoms with Gasteiger partial charge in [-0.3, -0.25) is 4.79 Å². The number of anilines is 2. The summed E-state index contributed by atoms with van der Waals surface area (Å²) in [6, 6.07) is 3.82. The quantitative estimate of drug-likeness (QED) is 0.223. The van der Waals surface area contributed by atoms with Crippen molar-refractivity contribution in [1.82, 2.24) is 19.9 Å². The van der Waals surface area contributed by atoms with Crippen LogP contribution < -0.4 is 24.8 Å². The Labute approximate surface area is 272 Å². The standard InChI is InChI=1S/C31H41ClN6O6S/c1-17(2)38(29(40)44-30(3,4)5)13-12-33-27-36-25(41-8)23(26(37-27)42-9)35-24(39)21-16-45-28(34-21)43-22-15-19-18(14-20(22)32)10-11-31(19,6)7/h14-17H,10-13H2,1-9H3,(H,35,39)(H,33,36,37). The highest BCUT2D eigenvalue weighted by atomic mass is 35.5. The Bertz CT molecular complexity index is 1530. The maximum atomic E-state index is 13.2. The summed E-state index contributed by atoms with van der Waals surface area (Å²) >= 11 is 7.68. The molecule has 0 aliphatic heterocycles. The van der Waals surface area contributed by atoms with E-state index < -0.39 is 17.6 Å². The van der Waals surface area contributed by atoms with E-state index in [9.17, 15) is 9.59 Å². The van der Waals surface area contributed by atoms with Gasteiger partial charge in [0.15, 0.2) is 5.69 Å². The van der Waals surface area contributed by atoms with Gasteiger partial charge >= 0.3 is 6.09 Å². The molecule has 2 heterocycles. The molecule has 0 unspecified atom stereocenters. The molecule has 244 valence electrons. The minimum Gasteiger partial charge on any atom is -0.479 e. The van der Waals surface area contributed by atoms with Crippen molar-refractivity contribution in [2.45, 2.75) is 78.4 Å². The minimum absolute atomic E-state index is 0.0335. The molecule has 0 atom stereocenters. The van der Waals surface area contributed by atoms with Crippen LogP contribution in [0.1, 0.15) is 76.5 Å². The number of hydrogen-bond acceptors (Lipinski definition) is 11. The van der Waals surface area contributed by atoms with Crippen molar-refractivity contribution < 1.29 is 28.5 Å². The number of aromatic nitrogens is 3. The van der Waals surface area contributed by atoms with Crippen LogP contribution in [0.15, 0.2) is 17.5 Å². The van der Waals surface area contributed by atoms with Gasteiger partial charge in [0.05, 0.1) is 19.2 Å². The number of nitrogens with zero attached hydrogens (tertiary/aromatic N) is 4. The van der Waals surface area contributed by atoms with Crippen LogP contribution in [0.4, 0.5) is 16.4 Å². The first-order valence-corrected chi connectivity index (χ1v) is 15.9. The monoisotopic (exact) mass is 660 g/mol. The Morgan fingerprint density at radius 1 is 1.11 bits per heavy atom. The molecular weight excluding hydrogens is 620 g/mol. The van der Waals surface area contributed by atoms with Crippen molar-refractivity contribution in [3.63, 3.8) is 0 Å². The van der Waals surface area contributed by atoms with Crippen molar-refractivity contribution in [3.05, 3.63) is 39.4 Å². The van der Waals surface area contributed by atoms with Crippen molar-refractivity contribution in [3.8, 4) is 22.7 Å². The normalized spacial score (nSPS) is 13.7. The van der Waals surface area contributed by atoms with Crippen LogP contribution in [-0.2, 0) is 16.6 Å². The molecule has 3 aromatic rings. The van der Waals surface area contributed by atoms with Crippen LogP contribution in [0.25, 0.3) is 0 Å². The number of hydrogen-bond donors (Lipinski definition) is 2. The first kappa shape index (κ1) is 34.0. The fourth-order valence-electron chi connectivity index (χ4n) is 4.84. The third kappa shape index (κ3) is 8.26. The minimum atomic E-state index is -0.609. The number of rotatable bonds is 11. The van der Waals surface area contributed by atoms with Crippen LogP contribution >= 0.6 is 22.9 Å². The third-order valence-electron chi connectivity index (χ3n) is 7.17. The number of thiazole rings is 1. The highest BCUT2D eigenvalue weighted by Crippen LogP contribution is 2.44. The number of benzene rings is 1. The summed E-state index contributed by atoms with van der Waals surface area (Å²) in [5, 5.41) is 8.16. The average molecular weight is 661 g/mol. The molecule has 0 fully saturated rings. The topological polar surface area (TPSA) is 137 Å². The predicted molar refractivity (Wildman–Crippen MR) is 175 cm³/mol. The Kier molecular flexibility index (Phi) is 10.3. The number of halogens is 1. The molecule has 4 rings (SSSR count). The van der Waals surface area contributed by atoms with Crippen molar-refractivity contribution in [2.75, 3.05) is 37.9 Å². The predicted octanol–water partition coefficient (Wildman–Crippen LogP) is 6.93. The lowest BCUT2D eigenvalue weighted by Gasteiger charge is -2.30. The van der Waals surface area contributed by atoms with E-state index >= 15 is 0 Å². The molecule has 2 amide bonds. The summed E-state index contributed by atoms with van der Waals surface area (Å²) in [4.78, 5) is 40.5. The summed E-state index contributed by atoms with van der Waals surface area (Å²) in [6.07, 6.45) is 1.60. The highest BCUT2D eigenvalue weighted by molar-refractivity contribution is 7.11. The second kappa shape index (κ2) is 13.7. The molecule has 0 radical (unpaired) electrons. The number of aryl methyl sites for hydroxylation is 1. The van der Waals surface area contributed by atoms with Gasteiger partial charge in [-0.1, -0.05) is 36.8 Å². The summed E-state index contributed by atoms with van der Waals surface area (Å²) in [7, 11) is 2.83. The van der Waals surface area contributed by atoms with E-state index in [0.717, 1.165) is 12.8 Å². The number of carbonyl (C=O) groups excluding carboxylic acids is 2. The molecule has 1 aliphatic carbocycles. The summed E-state index contributed by atoms with van der Waals surface area (Å²) in [5.74, 6) is 0.296. The maximum Gasteiger partial charge on any atom is 0.410 e. The first-order chi connectivity index (χ1) is 21.1. The molecular formula is C31H41ClN6O6S. The number of amides is 2. The van der Waals surface area contributed by atoms with Gasteiger partial charge in [0, 0.05) is 24.5 Å². The summed E-state index contributed by atoms with van der Waals surface area (Å²) in [5.41, 5.74) is 2.10. The zero-order valence-electron chi connectivity index (χ0n) is 27.2. The highest BCUT2D eigenvalue weighted by Gasteiger charge is 2.31. The molecule has 0 spiro atoms. The SMILES string of the molecule is COc1nc(NCCN(C(=O)OC(C)(C)C)C(C)C)nc(OC)c1NC(=O)c1csc(Oc2cc3c(cc2Cl)CCC3(C)C)n1. The second-order valence-electron chi connectivity index (χ2n) is 12.5. The second-order valence-corrected chi connectivity index (χ2v) is 13.7. The largest absolute Gasteiger partial charge is 0.479 e. The van der Waals surface area contributed by atoms with Crippen LogP contribution in [0.2, 0.25) is 5.02 Å². The Morgan fingerprint density at radius 3 is 2.38 bits per heavy atom. The Morgan fingerprint density at radius 2 is 1.78 bits per heavy atom. The van der Waals surface area contributed by atoms with Crippen molar-refractivity contribution in [2.24, 2.45) is 0 Å². The number of ether oxygens (including phenoxy) is 4. The van der Waals surface area contributed by atoms with Crippen LogP contribution in [0.3, 0.4) is 0 Å². The van der Waals surface area contributed by atoms with E-state index in [4.69, 9.17) is 30.5 Å². The Balaban J connectivity index is 1.44. The summed E-state index contributed by atoms with van der Waals surface area (Å²) < 4.78 is 22.4. The molecule has 1 aromatic carbocycles. The molecule has 0 saturated carbocycles. The molecule has 0 saturated heterocycles. The van der Waals surface area contributed by atoms with Crippen LogP contribution in [0, 0.1) is 0 Å². The smallest absolute Gasteiger partial charge is 0.410 e. The molecule has 2 N–H and O–H groups in total. The molecule has 1 aliphatic rings. The zero-order valence-corrected chi connectivity index (χ0v) is 28.7. The van der Waals surface area contributed by atoms with E-state index in [1.165, 1.54) is 36.7 Å². The van der Waals surface area contributed by atoms with Gasteiger partial charge in [-0.2, -0.15) is 15.0 Å². The van der Waals surface area contributed by atoms with Crippen LogP contribution in [-0.4, -0.2) is 70.8 Å². The van der Waals surface area contributed by atoms with Crippen molar-refractivity contribution in [1.29, 1.82) is 0 Å². The van der Waals surface area contributed by atoms with Gasteiger partial charge in [0.1, 0.15) is 17.0 Å². The van der Waals surface area contributed by atoms with E-state index in [0.29, 0.717) is 23.9 Å². The fraction of sp³-hybridized carbons (Fsp3) is 0.516. The van der Waals surface area contributed by atoms with E-state index in [1.54, 1.807) is 10.3 Å². The Hall–Kier alpha value is -3.84. The van der Waals surface area contributed by atoms with Crippen molar-refractivity contribution >= 4 is 46.6 Å². The van der Waals surface area contributed by atoms with Gasteiger partial charge in [-0.05, 0) is 76.1 Å². The maximum absolute atomic E-state index is 13.2. The molecule has 0 bridgehead atoms. The van der Waals surface area contributed by atoms with Gasteiger partial charge in [-0.15, -0.1) is 0 Å². The first-order valence-electron chi connectivity index (χ1n) is 14.6. The lowest BCUT2D eigenvalue weighted by Crippen LogP contribution is -2.43. The number of carbonyl (C=O) groups is 2. The van der Waals surface area contributed by atoms with Gasteiger partial charge in [-0.25, -0.2) is 4.79 Å². The lowest BCUT2D eigenvalue weighted by molar-refractivity contribution is 0.0200. The van der Waals surface area contributed by atoms with Gasteiger partial charge < -0.3 is 34.5 Å². The van der Waals surface area contributed by atoms with E-state index in [-0.39, 0.29) is 45.7 Å². The zero-order chi connectivity index (χ0) is 33.1. The third-order valence-corrected chi connectivity index (χ3v) is 8.19. The fourth-order valence-corrected chi connectivity index (χ4v) is 5.73. The molecule has 12 nitrogen and oxygen atoms in total. The molecule has 2 aromatic heterocycles. The molecule has 45 heavy (non-hydrogen) atoms. The van der Waals surface area contributed by atoms with Crippen LogP contribution in [0.5, 0.6) is 22.7 Å². The van der Waals surface area contributed by atoms with Gasteiger partial charge in [0.25, 0.3) is 11.1 Å². The number of nitrogens with one attached hydrogen (secondary N) is 2. The van der Waals surface area contributed by atoms with E-state index in [1.807, 2.05) is 46.8 Å². The average Bonchev–Trinajstić information content (AvgIpc) is 3.54. The lowest BCUT2D eigenvalue weighted by atomic mass is 9.86. The van der Waals surface area contributed by atoms with E-state index in [2.05, 4.69) is 39.4 Å². The van der Waals surface area contributed by atoms with Gasteiger partial charge in [0.2, 0.25) is 17.7 Å².